The number of ether oxygens (including phenoxy) is 2. The largest absolute Gasteiger partial charge is 0.493 e. The lowest BCUT2D eigenvalue weighted by atomic mass is 10.1. The van der Waals surface area contributed by atoms with E-state index in [1.165, 1.54) is 0 Å². The molecule has 0 fully saturated rings. The molecule has 0 saturated carbocycles. The van der Waals surface area contributed by atoms with Crippen LogP contribution in [0.15, 0.2) is 55.0 Å². The summed E-state index contributed by atoms with van der Waals surface area (Å²) in [5.74, 6) is 1.31. The number of rotatable bonds is 9. The number of benzene rings is 1. The van der Waals surface area contributed by atoms with E-state index < -0.39 is 6.10 Å². The Balaban J connectivity index is 1.49. The summed E-state index contributed by atoms with van der Waals surface area (Å²) in [4.78, 5) is 12.3. The van der Waals surface area contributed by atoms with Gasteiger partial charge in [-0.2, -0.15) is 0 Å². The third-order valence-corrected chi connectivity index (χ3v) is 5.10. The Morgan fingerprint density at radius 3 is 2.80 bits per heavy atom. The van der Waals surface area contributed by atoms with Crippen LogP contribution in [0.5, 0.6) is 5.75 Å². The Bertz CT molecular complexity index is 1110. The molecule has 0 saturated heterocycles. The zero-order chi connectivity index (χ0) is 20.9. The summed E-state index contributed by atoms with van der Waals surface area (Å²) < 4.78 is 12.9. The quantitative estimate of drug-likeness (QED) is 0.414. The molecule has 0 aliphatic heterocycles. The van der Waals surface area contributed by atoms with E-state index in [9.17, 15) is 5.11 Å². The van der Waals surface area contributed by atoms with E-state index in [2.05, 4.69) is 15.0 Å². The normalized spacial score (nSPS) is 12.4. The number of aliphatic hydroxyl groups is 1. The van der Waals surface area contributed by atoms with E-state index in [0.29, 0.717) is 25.5 Å². The molecule has 0 spiro atoms. The van der Waals surface area contributed by atoms with Crippen molar-refractivity contribution in [2.75, 3.05) is 20.3 Å². The van der Waals surface area contributed by atoms with E-state index in [4.69, 9.17) is 9.47 Å². The van der Waals surface area contributed by atoms with Gasteiger partial charge >= 0.3 is 0 Å². The fourth-order valence-electron chi connectivity index (χ4n) is 3.43. The van der Waals surface area contributed by atoms with Crippen molar-refractivity contribution in [3.05, 3.63) is 72.1 Å². The molecule has 7 nitrogen and oxygen atoms in total. The lowest BCUT2D eigenvalue weighted by molar-refractivity contribution is 0.167. The maximum atomic E-state index is 10.8. The van der Waals surface area contributed by atoms with Crippen LogP contribution < -0.4 is 4.74 Å². The summed E-state index contributed by atoms with van der Waals surface area (Å²) in [6.07, 6.45) is 6.07. The summed E-state index contributed by atoms with van der Waals surface area (Å²) >= 11 is 0. The molecular formula is C23H26N4O3. The van der Waals surface area contributed by atoms with Gasteiger partial charge < -0.3 is 24.1 Å². The molecule has 4 aromatic rings. The van der Waals surface area contributed by atoms with Gasteiger partial charge in [-0.15, -0.1) is 0 Å². The van der Waals surface area contributed by atoms with Crippen LogP contribution in [0.2, 0.25) is 0 Å². The molecule has 3 heterocycles. The fourth-order valence-corrected chi connectivity index (χ4v) is 3.43. The van der Waals surface area contributed by atoms with Crippen molar-refractivity contribution >= 4 is 11.0 Å². The average Bonchev–Trinajstić information content (AvgIpc) is 3.43. The van der Waals surface area contributed by atoms with Gasteiger partial charge in [0.1, 0.15) is 17.7 Å². The van der Waals surface area contributed by atoms with E-state index in [0.717, 1.165) is 40.1 Å². The van der Waals surface area contributed by atoms with Crippen molar-refractivity contribution in [1.29, 1.82) is 0 Å². The Labute approximate surface area is 175 Å². The summed E-state index contributed by atoms with van der Waals surface area (Å²) in [6.45, 7) is 3.20. The van der Waals surface area contributed by atoms with Crippen LogP contribution in [0, 0.1) is 6.92 Å². The van der Waals surface area contributed by atoms with Gasteiger partial charge in [-0.25, -0.2) is 4.98 Å². The average molecular weight is 406 g/mol. The van der Waals surface area contributed by atoms with Gasteiger partial charge in [0, 0.05) is 62.1 Å². The smallest absolute Gasteiger partial charge is 0.136 e. The van der Waals surface area contributed by atoms with Gasteiger partial charge in [0.2, 0.25) is 0 Å². The molecule has 1 unspecified atom stereocenters. The number of nitrogens with zero attached hydrogens (tertiary/aromatic N) is 3. The highest BCUT2D eigenvalue weighted by molar-refractivity contribution is 5.77. The molecule has 0 bridgehead atoms. The van der Waals surface area contributed by atoms with Crippen molar-refractivity contribution in [2.45, 2.75) is 25.9 Å². The van der Waals surface area contributed by atoms with Crippen molar-refractivity contribution in [2.24, 2.45) is 0 Å². The maximum Gasteiger partial charge on any atom is 0.136 e. The lowest BCUT2D eigenvalue weighted by Crippen LogP contribution is -2.09. The molecule has 0 aliphatic rings. The fraction of sp³-hybridized carbons (Fsp3) is 0.304. The Hall–Kier alpha value is -3.16. The van der Waals surface area contributed by atoms with E-state index in [1.54, 1.807) is 13.3 Å². The standard InChI is InChI=1S/C23H26N4O3/c1-16-19(24-9-8-22(16)30-13-5-12-29-2)15-21(28)23-25-18-7-6-17(14-20(18)26-23)27-10-3-4-11-27/h3-4,6-11,14,21,28H,5,12-13,15H2,1-2H3,(H,25,26). The van der Waals surface area contributed by atoms with E-state index >= 15 is 0 Å². The highest BCUT2D eigenvalue weighted by Gasteiger charge is 2.17. The van der Waals surface area contributed by atoms with Crippen molar-refractivity contribution < 1.29 is 14.6 Å². The molecular weight excluding hydrogens is 380 g/mol. The number of aromatic nitrogens is 4. The first kappa shape index (κ1) is 20.1. The lowest BCUT2D eigenvalue weighted by Gasteiger charge is -2.13. The van der Waals surface area contributed by atoms with Gasteiger partial charge in [-0.3, -0.25) is 4.98 Å². The monoisotopic (exact) mass is 406 g/mol. The van der Waals surface area contributed by atoms with Crippen LogP contribution in [-0.4, -0.2) is 44.9 Å². The third-order valence-electron chi connectivity index (χ3n) is 5.10. The highest BCUT2D eigenvalue weighted by atomic mass is 16.5. The first-order valence-corrected chi connectivity index (χ1v) is 10.0. The van der Waals surface area contributed by atoms with Gasteiger partial charge in [-0.05, 0) is 43.3 Å². The summed E-state index contributed by atoms with van der Waals surface area (Å²) in [6, 6.07) is 11.8. The van der Waals surface area contributed by atoms with Crippen molar-refractivity contribution in [3.8, 4) is 11.4 Å². The number of aliphatic hydroxyl groups excluding tert-OH is 1. The van der Waals surface area contributed by atoms with Crippen LogP contribution in [0.1, 0.15) is 29.6 Å². The minimum atomic E-state index is -0.789. The molecule has 0 aliphatic carbocycles. The number of aromatic amines is 1. The summed E-state index contributed by atoms with van der Waals surface area (Å²) in [5.41, 5.74) is 4.45. The first-order valence-electron chi connectivity index (χ1n) is 10.0. The molecule has 30 heavy (non-hydrogen) atoms. The number of pyridine rings is 1. The molecule has 1 aromatic carbocycles. The molecule has 156 valence electrons. The molecule has 0 amide bonds. The van der Waals surface area contributed by atoms with Gasteiger partial charge in [-0.1, -0.05) is 0 Å². The summed E-state index contributed by atoms with van der Waals surface area (Å²) in [7, 11) is 1.68. The molecule has 4 rings (SSSR count). The van der Waals surface area contributed by atoms with Gasteiger partial charge in [0.15, 0.2) is 0 Å². The topological polar surface area (TPSA) is 85.2 Å². The van der Waals surface area contributed by atoms with Crippen molar-refractivity contribution in [3.63, 3.8) is 0 Å². The highest BCUT2D eigenvalue weighted by Crippen LogP contribution is 2.25. The number of nitrogens with one attached hydrogen (secondary N) is 1. The van der Waals surface area contributed by atoms with E-state index in [-0.39, 0.29) is 0 Å². The van der Waals surface area contributed by atoms with Crippen LogP contribution in [0.4, 0.5) is 0 Å². The van der Waals surface area contributed by atoms with Gasteiger partial charge in [0.25, 0.3) is 0 Å². The van der Waals surface area contributed by atoms with Crippen molar-refractivity contribution in [1.82, 2.24) is 19.5 Å². The zero-order valence-corrected chi connectivity index (χ0v) is 17.2. The number of fused-ring (bicyclic) bond motifs is 1. The van der Waals surface area contributed by atoms with Crippen LogP contribution >= 0.6 is 0 Å². The number of imidazole rings is 1. The van der Waals surface area contributed by atoms with Gasteiger partial charge in [0.05, 0.1) is 17.6 Å². The molecule has 3 aromatic heterocycles. The minimum Gasteiger partial charge on any atom is -0.493 e. The molecule has 0 radical (unpaired) electrons. The number of H-pyrrole nitrogens is 1. The minimum absolute atomic E-state index is 0.353. The zero-order valence-electron chi connectivity index (χ0n) is 17.2. The number of hydrogen-bond donors (Lipinski definition) is 2. The summed E-state index contributed by atoms with van der Waals surface area (Å²) in [5, 5.41) is 10.8. The second-order valence-corrected chi connectivity index (χ2v) is 7.21. The van der Waals surface area contributed by atoms with Crippen LogP contribution in [0.25, 0.3) is 16.7 Å². The predicted octanol–water partition coefficient (Wildman–Crippen LogP) is 3.75. The third kappa shape index (κ3) is 4.37. The number of hydrogen-bond acceptors (Lipinski definition) is 5. The SMILES string of the molecule is COCCCOc1ccnc(CC(O)c2nc3cc(-n4cccc4)ccc3[nH]2)c1C. The van der Waals surface area contributed by atoms with E-state index in [1.807, 2.05) is 60.3 Å². The predicted molar refractivity (Wildman–Crippen MR) is 115 cm³/mol. The number of methoxy groups -OCH3 is 1. The van der Waals surface area contributed by atoms with Crippen LogP contribution in [-0.2, 0) is 11.2 Å². The Morgan fingerprint density at radius 1 is 1.17 bits per heavy atom. The maximum absolute atomic E-state index is 10.8. The second-order valence-electron chi connectivity index (χ2n) is 7.21. The van der Waals surface area contributed by atoms with Crippen LogP contribution in [0.3, 0.4) is 0 Å². The Morgan fingerprint density at radius 2 is 2.00 bits per heavy atom. The first-order chi connectivity index (χ1) is 14.7. The second kappa shape index (κ2) is 9.11. The molecule has 2 N–H and O–H groups in total. The molecule has 1 atom stereocenters. The molecule has 7 heteroatoms. The Kier molecular flexibility index (Phi) is 6.11.